The van der Waals surface area contributed by atoms with Crippen molar-refractivity contribution in [2.45, 2.75) is 32.6 Å². The van der Waals surface area contributed by atoms with E-state index in [-0.39, 0.29) is 12.0 Å². The molecule has 0 unspecified atom stereocenters. The summed E-state index contributed by atoms with van der Waals surface area (Å²) in [5.74, 6) is 0.850. The summed E-state index contributed by atoms with van der Waals surface area (Å²) in [6, 6.07) is 2.02. The first kappa shape index (κ1) is 12.4. The van der Waals surface area contributed by atoms with Gasteiger partial charge in [0.15, 0.2) is 5.82 Å². The number of aliphatic hydroxyl groups excluding tert-OH is 1. The Balaban J connectivity index is 1.81. The molecule has 0 atom stereocenters. The van der Waals surface area contributed by atoms with Crippen molar-refractivity contribution in [1.29, 1.82) is 0 Å². The fraction of sp³-hybridized carbons (Fsp3) is 0.571. The van der Waals surface area contributed by atoms with Crippen molar-refractivity contribution in [2.75, 3.05) is 18.5 Å². The molecule has 1 saturated carbocycles. The first-order valence-corrected chi connectivity index (χ1v) is 6.88. The third-order valence-electron chi connectivity index (χ3n) is 4.14. The van der Waals surface area contributed by atoms with E-state index in [9.17, 15) is 5.11 Å². The predicted molar refractivity (Wildman–Crippen MR) is 74.2 cm³/mol. The number of anilines is 1. The summed E-state index contributed by atoms with van der Waals surface area (Å²) < 4.78 is 1.84. The maximum absolute atomic E-state index is 9.63. The van der Waals surface area contributed by atoms with Gasteiger partial charge in [-0.1, -0.05) is 12.8 Å². The highest BCUT2D eigenvalue weighted by Gasteiger charge is 2.33. The predicted octanol–water partition coefficient (Wildman–Crippen LogP) is 2.00. The van der Waals surface area contributed by atoms with E-state index in [1.807, 2.05) is 23.7 Å². The summed E-state index contributed by atoms with van der Waals surface area (Å²) in [7, 11) is 0. The minimum absolute atomic E-state index is 0.0313. The first-order chi connectivity index (χ1) is 9.22. The lowest BCUT2D eigenvalue weighted by Gasteiger charge is -2.26. The average molecular weight is 260 g/mol. The molecule has 2 aromatic rings. The highest BCUT2D eigenvalue weighted by atomic mass is 16.3. The molecule has 2 aromatic heterocycles. The number of aliphatic hydroxyl groups is 1. The molecule has 1 fully saturated rings. The Labute approximate surface area is 112 Å². The topological polar surface area (TPSA) is 62.5 Å². The number of rotatable bonds is 4. The molecule has 2 N–H and O–H groups in total. The van der Waals surface area contributed by atoms with E-state index in [0.29, 0.717) is 0 Å². The number of nitrogens with one attached hydrogen (secondary N) is 1. The van der Waals surface area contributed by atoms with E-state index in [1.165, 1.54) is 12.8 Å². The molecule has 0 radical (unpaired) electrons. The fourth-order valence-corrected chi connectivity index (χ4v) is 2.97. The second-order valence-electron chi connectivity index (χ2n) is 5.61. The lowest BCUT2D eigenvalue weighted by Crippen LogP contribution is -2.30. The quantitative estimate of drug-likeness (QED) is 0.882. The molecule has 0 spiro atoms. The van der Waals surface area contributed by atoms with E-state index in [2.05, 4.69) is 15.4 Å². The Kier molecular flexibility index (Phi) is 3.14. The van der Waals surface area contributed by atoms with Crippen LogP contribution in [0.3, 0.4) is 0 Å². The van der Waals surface area contributed by atoms with Gasteiger partial charge in [-0.3, -0.25) is 0 Å². The van der Waals surface area contributed by atoms with Crippen LogP contribution in [-0.2, 0) is 0 Å². The zero-order valence-electron chi connectivity index (χ0n) is 11.3. The molecule has 5 heteroatoms. The molecule has 0 aliphatic heterocycles. The Hall–Kier alpha value is -1.62. The molecule has 0 aromatic carbocycles. The van der Waals surface area contributed by atoms with Crippen molar-refractivity contribution in [1.82, 2.24) is 14.6 Å². The summed E-state index contributed by atoms with van der Waals surface area (Å²) in [4.78, 5) is 4.39. The maximum atomic E-state index is 9.63. The Bertz CT molecular complexity index is 572. The molecule has 0 amide bonds. The van der Waals surface area contributed by atoms with Crippen molar-refractivity contribution in [2.24, 2.45) is 5.41 Å². The number of hydrogen-bond donors (Lipinski definition) is 2. The molecule has 1 aliphatic rings. The zero-order valence-corrected chi connectivity index (χ0v) is 11.3. The summed E-state index contributed by atoms with van der Waals surface area (Å²) in [6.45, 7) is 3.00. The van der Waals surface area contributed by atoms with Crippen LogP contribution in [0.1, 0.15) is 31.4 Å². The van der Waals surface area contributed by atoms with Gasteiger partial charge in [0, 0.05) is 24.4 Å². The van der Waals surface area contributed by atoms with E-state index >= 15 is 0 Å². The SMILES string of the molecule is Cc1cc2c(NCC3(CO)CCCC3)nccn2n1. The van der Waals surface area contributed by atoms with Crippen LogP contribution >= 0.6 is 0 Å². The Morgan fingerprint density at radius 3 is 2.95 bits per heavy atom. The number of hydrogen-bond acceptors (Lipinski definition) is 4. The van der Waals surface area contributed by atoms with Crippen molar-refractivity contribution in [3.05, 3.63) is 24.2 Å². The van der Waals surface area contributed by atoms with Crippen LogP contribution in [0.5, 0.6) is 0 Å². The van der Waals surface area contributed by atoms with Crippen molar-refractivity contribution in [3.63, 3.8) is 0 Å². The Morgan fingerprint density at radius 2 is 2.21 bits per heavy atom. The van der Waals surface area contributed by atoms with Crippen LogP contribution in [0.2, 0.25) is 0 Å². The second kappa shape index (κ2) is 4.81. The smallest absolute Gasteiger partial charge is 0.152 e. The maximum Gasteiger partial charge on any atom is 0.152 e. The van der Waals surface area contributed by atoms with Crippen molar-refractivity contribution < 1.29 is 5.11 Å². The van der Waals surface area contributed by atoms with Crippen LogP contribution < -0.4 is 5.32 Å². The van der Waals surface area contributed by atoms with Gasteiger partial charge in [0.1, 0.15) is 5.52 Å². The van der Waals surface area contributed by atoms with Gasteiger partial charge in [-0.05, 0) is 25.8 Å². The number of nitrogens with zero attached hydrogens (tertiary/aromatic N) is 3. The van der Waals surface area contributed by atoms with Gasteiger partial charge in [-0.2, -0.15) is 5.10 Å². The standard InChI is InChI=1S/C14H20N4O/c1-11-8-12-13(15-6-7-18(12)17-11)16-9-14(10-19)4-2-3-5-14/h6-8,19H,2-5,9-10H2,1H3,(H,15,16). The number of aryl methyl sites for hydroxylation is 1. The van der Waals surface area contributed by atoms with Crippen LogP contribution in [0, 0.1) is 12.3 Å². The molecule has 19 heavy (non-hydrogen) atoms. The summed E-state index contributed by atoms with van der Waals surface area (Å²) in [5, 5.41) is 17.4. The third kappa shape index (κ3) is 2.30. The van der Waals surface area contributed by atoms with Crippen LogP contribution in [0.25, 0.3) is 5.52 Å². The summed E-state index contributed by atoms with van der Waals surface area (Å²) >= 11 is 0. The molecule has 3 rings (SSSR count). The molecule has 2 heterocycles. The first-order valence-electron chi connectivity index (χ1n) is 6.88. The molecule has 5 nitrogen and oxygen atoms in total. The van der Waals surface area contributed by atoms with E-state index in [0.717, 1.165) is 36.4 Å². The minimum atomic E-state index is 0.0313. The largest absolute Gasteiger partial charge is 0.396 e. The van der Waals surface area contributed by atoms with Crippen molar-refractivity contribution in [3.8, 4) is 0 Å². The number of fused-ring (bicyclic) bond motifs is 1. The van der Waals surface area contributed by atoms with E-state index < -0.39 is 0 Å². The van der Waals surface area contributed by atoms with Gasteiger partial charge in [0.05, 0.1) is 12.3 Å². The highest BCUT2D eigenvalue weighted by Crippen LogP contribution is 2.37. The fourth-order valence-electron chi connectivity index (χ4n) is 2.97. The summed E-state index contributed by atoms with van der Waals surface area (Å²) in [6.07, 6.45) is 8.22. The molecule has 102 valence electrons. The minimum Gasteiger partial charge on any atom is -0.396 e. The lowest BCUT2D eigenvalue weighted by molar-refractivity contribution is 0.142. The molecular weight excluding hydrogens is 240 g/mol. The third-order valence-corrected chi connectivity index (χ3v) is 4.14. The molecular formula is C14H20N4O. The Morgan fingerprint density at radius 1 is 1.42 bits per heavy atom. The second-order valence-corrected chi connectivity index (χ2v) is 5.61. The van der Waals surface area contributed by atoms with Crippen LogP contribution in [0.4, 0.5) is 5.82 Å². The molecule has 0 saturated heterocycles. The van der Waals surface area contributed by atoms with Gasteiger partial charge in [0.2, 0.25) is 0 Å². The van der Waals surface area contributed by atoms with Gasteiger partial charge in [-0.25, -0.2) is 9.50 Å². The summed E-state index contributed by atoms with van der Waals surface area (Å²) in [5.41, 5.74) is 2.00. The number of aromatic nitrogens is 3. The van der Waals surface area contributed by atoms with Gasteiger partial charge in [0.25, 0.3) is 0 Å². The highest BCUT2D eigenvalue weighted by molar-refractivity contribution is 5.67. The molecule has 1 aliphatic carbocycles. The molecule has 0 bridgehead atoms. The van der Waals surface area contributed by atoms with Gasteiger partial charge in [-0.15, -0.1) is 0 Å². The average Bonchev–Trinajstić information content (AvgIpc) is 3.02. The lowest BCUT2D eigenvalue weighted by atomic mass is 9.87. The van der Waals surface area contributed by atoms with E-state index in [1.54, 1.807) is 6.20 Å². The normalized spacial score (nSPS) is 18.0. The van der Waals surface area contributed by atoms with Gasteiger partial charge < -0.3 is 10.4 Å². The van der Waals surface area contributed by atoms with Crippen LogP contribution in [-0.4, -0.2) is 32.9 Å². The monoisotopic (exact) mass is 260 g/mol. The van der Waals surface area contributed by atoms with Crippen molar-refractivity contribution >= 4 is 11.3 Å². The zero-order chi connectivity index (χ0) is 13.3. The van der Waals surface area contributed by atoms with Gasteiger partial charge >= 0.3 is 0 Å². The van der Waals surface area contributed by atoms with Crippen LogP contribution in [0.15, 0.2) is 18.5 Å². The van der Waals surface area contributed by atoms with E-state index in [4.69, 9.17) is 0 Å².